The van der Waals surface area contributed by atoms with E-state index < -0.39 is 0 Å². The monoisotopic (exact) mass is 321 g/mol. The molecule has 1 aromatic carbocycles. The lowest BCUT2D eigenvalue weighted by Gasteiger charge is -2.39. The molecule has 0 aliphatic carbocycles. The molecule has 0 amide bonds. The fraction of sp³-hybridized carbons (Fsp3) is 0.350. The average Bonchev–Trinajstić information content (AvgIpc) is 2.85. The van der Waals surface area contributed by atoms with Gasteiger partial charge in [-0.25, -0.2) is 0 Å². The summed E-state index contributed by atoms with van der Waals surface area (Å²) in [5, 5.41) is 4.13. The van der Waals surface area contributed by atoms with Gasteiger partial charge in [-0.2, -0.15) is 0 Å². The van der Waals surface area contributed by atoms with Gasteiger partial charge < -0.3 is 14.3 Å². The minimum absolute atomic E-state index is 0.888. The van der Waals surface area contributed by atoms with Gasteiger partial charge in [0.1, 0.15) is 5.76 Å². The van der Waals surface area contributed by atoms with Crippen molar-refractivity contribution in [1.82, 2.24) is 15.0 Å². The van der Waals surface area contributed by atoms with E-state index in [1.54, 1.807) is 0 Å². The summed E-state index contributed by atoms with van der Waals surface area (Å²) in [6, 6.07) is 10.6. The molecule has 4 rings (SSSR count). The zero-order valence-electron chi connectivity index (χ0n) is 14.3. The molecule has 2 aliphatic rings. The Kier molecular flexibility index (Phi) is 3.89. The molecule has 124 valence electrons. The molecule has 1 aromatic heterocycles. The minimum Gasteiger partial charge on any atom is -0.373 e. The minimum atomic E-state index is 0.888. The second-order valence-corrected chi connectivity index (χ2v) is 6.65. The van der Waals surface area contributed by atoms with Crippen molar-refractivity contribution in [3.05, 3.63) is 70.9 Å². The fourth-order valence-electron chi connectivity index (χ4n) is 3.46. The zero-order valence-corrected chi connectivity index (χ0v) is 14.3. The van der Waals surface area contributed by atoms with Crippen LogP contribution in [0.1, 0.15) is 29.0 Å². The largest absolute Gasteiger partial charge is 0.373 e. The van der Waals surface area contributed by atoms with Crippen LogP contribution in [0.3, 0.4) is 0 Å². The highest BCUT2D eigenvalue weighted by molar-refractivity contribution is 5.77. The average molecular weight is 321 g/mol. The Hall–Kier alpha value is -2.49. The second kappa shape index (κ2) is 6.19. The van der Waals surface area contributed by atoms with Gasteiger partial charge in [0.25, 0.3) is 0 Å². The number of hydrogen-bond donors (Lipinski definition) is 0. The van der Waals surface area contributed by atoms with Gasteiger partial charge in [0, 0.05) is 42.7 Å². The first-order valence-electron chi connectivity index (χ1n) is 8.59. The number of aromatic nitrogens is 1. The molecule has 1 saturated heterocycles. The van der Waals surface area contributed by atoms with Crippen molar-refractivity contribution in [2.24, 2.45) is 0 Å². The van der Waals surface area contributed by atoms with Gasteiger partial charge in [-0.05, 0) is 31.9 Å². The Bertz CT molecular complexity index is 765. The Morgan fingerprint density at radius 2 is 1.92 bits per heavy atom. The number of aryl methyl sites for hydroxylation is 2. The van der Waals surface area contributed by atoms with Crippen LogP contribution in [-0.2, 0) is 6.54 Å². The van der Waals surface area contributed by atoms with Crippen molar-refractivity contribution in [2.75, 3.05) is 19.6 Å². The Morgan fingerprint density at radius 1 is 1.12 bits per heavy atom. The SMILES string of the molecule is Cc1noc(C)c1C1=CN(Cc2ccccc2)CC(N2CCC2)=C1. The summed E-state index contributed by atoms with van der Waals surface area (Å²) >= 11 is 0. The lowest BCUT2D eigenvalue weighted by Crippen LogP contribution is -2.41. The number of rotatable bonds is 4. The van der Waals surface area contributed by atoms with Crippen LogP contribution < -0.4 is 0 Å². The van der Waals surface area contributed by atoms with Gasteiger partial charge in [0.2, 0.25) is 0 Å². The molecular weight excluding hydrogens is 298 g/mol. The van der Waals surface area contributed by atoms with E-state index in [1.807, 2.05) is 13.8 Å². The number of benzene rings is 1. The fourth-order valence-corrected chi connectivity index (χ4v) is 3.46. The molecule has 3 heterocycles. The Morgan fingerprint density at radius 3 is 2.54 bits per heavy atom. The van der Waals surface area contributed by atoms with E-state index >= 15 is 0 Å². The van der Waals surface area contributed by atoms with Crippen LogP contribution in [0.2, 0.25) is 0 Å². The number of allylic oxidation sites excluding steroid dienone is 2. The highest BCUT2D eigenvalue weighted by Crippen LogP contribution is 2.31. The van der Waals surface area contributed by atoms with Crippen LogP contribution in [-0.4, -0.2) is 34.6 Å². The molecule has 0 atom stereocenters. The highest BCUT2D eigenvalue weighted by atomic mass is 16.5. The first kappa shape index (κ1) is 15.1. The zero-order chi connectivity index (χ0) is 16.5. The highest BCUT2D eigenvalue weighted by Gasteiger charge is 2.24. The summed E-state index contributed by atoms with van der Waals surface area (Å²) in [6.45, 7) is 8.21. The van der Waals surface area contributed by atoms with Crippen LogP contribution >= 0.6 is 0 Å². The van der Waals surface area contributed by atoms with Gasteiger partial charge in [0.05, 0.1) is 12.2 Å². The van der Waals surface area contributed by atoms with E-state index in [0.717, 1.165) is 30.1 Å². The maximum absolute atomic E-state index is 5.39. The Balaban J connectivity index is 1.67. The molecule has 1 fully saturated rings. The molecule has 0 radical (unpaired) electrons. The van der Waals surface area contributed by atoms with Crippen LogP contribution in [0.15, 0.2) is 52.8 Å². The molecule has 0 N–H and O–H groups in total. The molecule has 4 nitrogen and oxygen atoms in total. The maximum atomic E-state index is 5.39. The first-order valence-corrected chi connectivity index (χ1v) is 8.59. The summed E-state index contributed by atoms with van der Waals surface area (Å²) in [5.41, 5.74) is 6.02. The Labute approximate surface area is 143 Å². The van der Waals surface area contributed by atoms with Crippen molar-refractivity contribution < 1.29 is 4.52 Å². The molecule has 0 saturated carbocycles. The molecule has 2 aliphatic heterocycles. The van der Waals surface area contributed by atoms with Gasteiger partial charge in [0.15, 0.2) is 0 Å². The molecule has 4 heteroatoms. The maximum Gasteiger partial charge on any atom is 0.141 e. The van der Waals surface area contributed by atoms with Gasteiger partial charge in [-0.15, -0.1) is 0 Å². The second-order valence-electron chi connectivity index (χ2n) is 6.65. The van der Waals surface area contributed by atoms with Crippen molar-refractivity contribution >= 4 is 5.57 Å². The molecule has 0 unspecified atom stereocenters. The third kappa shape index (κ3) is 2.84. The smallest absolute Gasteiger partial charge is 0.141 e. The van der Waals surface area contributed by atoms with Gasteiger partial charge in [-0.1, -0.05) is 35.5 Å². The molecule has 0 bridgehead atoms. The van der Waals surface area contributed by atoms with Crippen LogP contribution in [0.25, 0.3) is 5.57 Å². The van der Waals surface area contributed by atoms with Crippen molar-refractivity contribution in [3.8, 4) is 0 Å². The predicted molar refractivity (Wildman–Crippen MR) is 95.1 cm³/mol. The van der Waals surface area contributed by atoms with Crippen LogP contribution in [0, 0.1) is 13.8 Å². The molecule has 2 aromatic rings. The van der Waals surface area contributed by atoms with Crippen LogP contribution in [0.4, 0.5) is 0 Å². The summed E-state index contributed by atoms with van der Waals surface area (Å²) in [7, 11) is 0. The lowest BCUT2D eigenvalue weighted by molar-refractivity contribution is 0.212. The van der Waals surface area contributed by atoms with Crippen molar-refractivity contribution in [3.63, 3.8) is 0 Å². The summed E-state index contributed by atoms with van der Waals surface area (Å²) in [5.74, 6) is 0.888. The van der Waals surface area contributed by atoms with Gasteiger partial charge in [-0.3, -0.25) is 0 Å². The van der Waals surface area contributed by atoms with E-state index in [9.17, 15) is 0 Å². The van der Waals surface area contributed by atoms with Crippen molar-refractivity contribution in [2.45, 2.75) is 26.8 Å². The third-order valence-corrected chi connectivity index (χ3v) is 4.82. The van der Waals surface area contributed by atoms with E-state index in [2.05, 4.69) is 57.6 Å². The summed E-state index contributed by atoms with van der Waals surface area (Å²) in [6.07, 6.45) is 5.86. The van der Waals surface area contributed by atoms with E-state index in [0.29, 0.717) is 0 Å². The van der Waals surface area contributed by atoms with E-state index in [4.69, 9.17) is 4.52 Å². The van der Waals surface area contributed by atoms with Gasteiger partial charge >= 0.3 is 0 Å². The third-order valence-electron chi connectivity index (χ3n) is 4.82. The van der Waals surface area contributed by atoms with Crippen molar-refractivity contribution in [1.29, 1.82) is 0 Å². The number of likely N-dealkylation sites (tertiary alicyclic amines) is 1. The lowest BCUT2D eigenvalue weighted by atomic mass is 10.00. The molecule has 0 spiro atoms. The normalized spacial score (nSPS) is 17.4. The summed E-state index contributed by atoms with van der Waals surface area (Å²) in [4.78, 5) is 4.87. The van der Waals surface area contributed by atoms with Crippen LogP contribution in [0.5, 0.6) is 0 Å². The predicted octanol–water partition coefficient (Wildman–Crippen LogP) is 3.74. The topological polar surface area (TPSA) is 32.5 Å². The standard InChI is InChI=1S/C20H23N3O/c1-15-20(16(2)24-21-15)18-11-19(23-9-6-10-23)14-22(13-18)12-17-7-4-3-5-8-17/h3-5,7-8,11,13H,6,9-10,12,14H2,1-2H3. The summed E-state index contributed by atoms with van der Waals surface area (Å²) < 4.78 is 5.39. The quantitative estimate of drug-likeness (QED) is 0.859. The van der Waals surface area contributed by atoms with E-state index in [-0.39, 0.29) is 0 Å². The number of hydrogen-bond acceptors (Lipinski definition) is 4. The number of nitrogens with zero attached hydrogens (tertiary/aromatic N) is 3. The molecule has 24 heavy (non-hydrogen) atoms. The molecular formula is C20H23N3O. The first-order chi connectivity index (χ1) is 11.7. The van der Waals surface area contributed by atoms with E-state index in [1.165, 1.54) is 36.3 Å².